The van der Waals surface area contributed by atoms with Gasteiger partial charge in [0.1, 0.15) is 0 Å². The number of anilines is 1. The van der Waals surface area contributed by atoms with E-state index in [1.165, 1.54) is 10.9 Å². The third-order valence-electron chi connectivity index (χ3n) is 4.66. The number of carbonyl (C=O) groups excluding carboxylic acids is 1. The number of hydrogen-bond acceptors (Lipinski definition) is 12. The Hall–Kier alpha value is -1.90. The van der Waals surface area contributed by atoms with Crippen LogP contribution in [0.4, 0.5) is 5.82 Å². The number of amides is 1. The van der Waals surface area contributed by atoms with Crippen LogP contribution in [-0.2, 0) is 14.3 Å². The summed E-state index contributed by atoms with van der Waals surface area (Å²) in [7, 11) is -4.84. The minimum absolute atomic E-state index is 0.190. The first-order chi connectivity index (χ1) is 13.8. The van der Waals surface area contributed by atoms with E-state index in [0.29, 0.717) is 11.5 Å². The number of aromatic nitrogens is 2. The molecule has 0 bridgehead atoms. The first kappa shape index (κ1) is 21.8. The molecule has 0 spiro atoms. The second-order valence-electron chi connectivity index (χ2n) is 6.60. The molecule has 10 N–H and O–H groups in total. The number of aliphatic hydroxyl groups is 1. The SMILES string of the molecule is NCCNC(=O)CO[C@H]1C([PH](O)(O)O)[C@@H](CO)O[C@H]1n1cnc2c1NCN=C2N. The van der Waals surface area contributed by atoms with E-state index in [4.69, 9.17) is 20.9 Å². The first-order valence-electron chi connectivity index (χ1n) is 8.90. The summed E-state index contributed by atoms with van der Waals surface area (Å²) in [5, 5.41) is 15.1. The van der Waals surface area contributed by atoms with Crippen molar-refractivity contribution in [3.8, 4) is 0 Å². The Kier molecular flexibility index (Phi) is 6.65. The van der Waals surface area contributed by atoms with Crippen molar-refractivity contribution in [2.45, 2.75) is 24.1 Å². The predicted molar refractivity (Wildman–Crippen MR) is 103 cm³/mol. The summed E-state index contributed by atoms with van der Waals surface area (Å²) in [6.45, 7) is -0.379. The summed E-state index contributed by atoms with van der Waals surface area (Å²) in [4.78, 5) is 50.0. The molecule has 3 rings (SSSR count). The van der Waals surface area contributed by atoms with E-state index in [9.17, 15) is 24.6 Å². The molecule has 2 aliphatic rings. The van der Waals surface area contributed by atoms with Crippen LogP contribution >= 0.6 is 7.94 Å². The molecule has 29 heavy (non-hydrogen) atoms. The third kappa shape index (κ3) is 4.49. The van der Waals surface area contributed by atoms with E-state index >= 15 is 0 Å². The van der Waals surface area contributed by atoms with Crippen LogP contribution in [0.2, 0.25) is 0 Å². The Bertz CT molecular complexity index is 768. The van der Waals surface area contributed by atoms with E-state index in [0.717, 1.165) is 0 Å². The second-order valence-corrected chi connectivity index (χ2v) is 8.64. The van der Waals surface area contributed by atoms with Gasteiger partial charge in [0.05, 0.1) is 0 Å². The van der Waals surface area contributed by atoms with Gasteiger partial charge in [-0.2, -0.15) is 0 Å². The fourth-order valence-corrected chi connectivity index (χ4v) is 4.78. The number of nitrogens with zero attached hydrogens (tertiary/aromatic N) is 3. The van der Waals surface area contributed by atoms with Crippen LogP contribution in [0.1, 0.15) is 11.9 Å². The zero-order valence-electron chi connectivity index (χ0n) is 15.4. The molecule has 1 unspecified atom stereocenters. The van der Waals surface area contributed by atoms with Crippen molar-refractivity contribution in [3.63, 3.8) is 0 Å². The number of hydrogen-bond donors (Lipinski definition) is 8. The molecular formula is C14H26N7O7P. The average Bonchev–Trinajstić information content (AvgIpc) is 3.26. The fourth-order valence-electron chi connectivity index (χ4n) is 3.39. The quantitative estimate of drug-likeness (QED) is 0.185. The summed E-state index contributed by atoms with van der Waals surface area (Å²) in [6.07, 6.45) is -1.97. The van der Waals surface area contributed by atoms with E-state index in [1.807, 2.05) is 0 Å². The number of fused-ring (bicyclic) bond motifs is 1. The molecule has 0 aliphatic carbocycles. The van der Waals surface area contributed by atoms with Gasteiger partial charge in [0.2, 0.25) is 0 Å². The second kappa shape index (κ2) is 8.85. The van der Waals surface area contributed by atoms with Gasteiger partial charge in [0.15, 0.2) is 0 Å². The van der Waals surface area contributed by atoms with Crippen LogP contribution in [0, 0.1) is 0 Å². The normalized spacial score (nSPS) is 27.1. The van der Waals surface area contributed by atoms with Crippen molar-refractivity contribution in [1.82, 2.24) is 14.9 Å². The van der Waals surface area contributed by atoms with Gasteiger partial charge in [-0.1, -0.05) is 0 Å². The fraction of sp³-hybridized carbons (Fsp3) is 0.643. The molecule has 2 aliphatic heterocycles. The van der Waals surface area contributed by atoms with E-state index < -0.39 is 51.2 Å². The van der Waals surface area contributed by atoms with Crippen LogP contribution in [0.3, 0.4) is 0 Å². The topological polar surface area (TPSA) is 223 Å². The number of ether oxygens (including phenoxy) is 2. The number of rotatable bonds is 8. The number of amidine groups is 1. The number of aliphatic hydroxyl groups excluding tert-OH is 1. The maximum absolute atomic E-state index is 11.9. The molecule has 1 aromatic rings. The molecule has 4 atom stereocenters. The predicted octanol–water partition coefficient (Wildman–Crippen LogP) is -3.84. The molecule has 0 aromatic carbocycles. The zero-order chi connectivity index (χ0) is 21.2. The van der Waals surface area contributed by atoms with Gasteiger partial charge in [-0.25, -0.2) is 0 Å². The number of carbonyl (C=O) groups is 1. The Balaban J connectivity index is 1.90. The molecule has 0 radical (unpaired) electrons. The van der Waals surface area contributed by atoms with Gasteiger partial charge < -0.3 is 0 Å². The van der Waals surface area contributed by atoms with Gasteiger partial charge in [0.25, 0.3) is 0 Å². The number of nitrogens with one attached hydrogen (secondary N) is 2. The minimum atomic E-state index is -4.84. The van der Waals surface area contributed by atoms with Crippen LogP contribution < -0.4 is 22.1 Å². The van der Waals surface area contributed by atoms with Crippen molar-refractivity contribution in [2.24, 2.45) is 16.5 Å². The molecule has 164 valence electrons. The number of aliphatic imine (C=N–C) groups is 1. The summed E-state index contributed by atoms with van der Waals surface area (Å²) in [5.41, 5.74) is 10.2. The standard InChI is InChI=1S/C14H26N7O7P/c15-1-2-17-8(23)4-27-10-11(29(24,25)26)7(3-22)28-14(10)21-6-20-9-12(16)18-5-19-13(9)21/h6-7,10-11,14,19,22,24-26,29H,1-5,15H2,(H2,16,18)(H,17,23)/t7-,10+,11?,14-/m1/s1. The molecule has 1 saturated heterocycles. The number of nitrogens with two attached hydrogens (primary N) is 2. The van der Waals surface area contributed by atoms with Gasteiger partial charge in [0, 0.05) is 0 Å². The van der Waals surface area contributed by atoms with Crippen molar-refractivity contribution in [3.05, 3.63) is 12.0 Å². The van der Waals surface area contributed by atoms with Crippen molar-refractivity contribution >= 4 is 25.5 Å². The monoisotopic (exact) mass is 435 g/mol. The molecule has 0 saturated carbocycles. The number of imidazole rings is 1. The van der Waals surface area contributed by atoms with Crippen molar-refractivity contribution < 1.29 is 34.1 Å². The third-order valence-corrected chi connectivity index (χ3v) is 6.25. The van der Waals surface area contributed by atoms with Crippen molar-refractivity contribution in [2.75, 3.05) is 38.3 Å². The molecule has 1 amide bonds. The van der Waals surface area contributed by atoms with Crippen molar-refractivity contribution in [1.29, 1.82) is 0 Å². The summed E-state index contributed by atoms with van der Waals surface area (Å²) < 4.78 is 12.9. The van der Waals surface area contributed by atoms with Crippen LogP contribution in [0.25, 0.3) is 0 Å². The Labute approximate surface area is 166 Å². The molecule has 15 heteroatoms. The van der Waals surface area contributed by atoms with E-state index in [2.05, 4.69) is 20.6 Å². The van der Waals surface area contributed by atoms with E-state index in [-0.39, 0.29) is 25.6 Å². The molecule has 1 aromatic heterocycles. The van der Waals surface area contributed by atoms with Gasteiger partial charge in [-0.05, 0) is 0 Å². The summed E-state index contributed by atoms with van der Waals surface area (Å²) >= 11 is 0. The van der Waals surface area contributed by atoms with Crippen LogP contribution in [-0.4, -0.2) is 91.9 Å². The summed E-state index contributed by atoms with van der Waals surface area (Å²) in [5.74, 6) is 0.172. The average molecular weight is 435 g/mol. The molecule has 14 nitrogen and oxygen atoms in total. The molecule has 3 heterocycles. The Morgan fingerprint density at radius 2 is 2.24 bits per heavy atom. The van der Waals surface area contributed by atoms with Crippen LogP contribution in [0.5, 0.6) is 0 Å². The Morgan fingerprint density at radius 1 is 1.48 bits per heavy atom. The van der Waals surface area contributed by atoms with Gasteiger partial charge >= 0.3 is 165 Å². The zero-order valence-corrected chi connectivity index (χ0v) is 16.4. The maximum atomic E-state index is 11.9. The molecular weight excluding hydrogens is 409 g/mol. The van der Waals surface area contributed by atoms with Gasteiger partial charge in [-0.3, -0.25) is 0 Å². The summed E-state index contributed by atoms with van der Waals surface area (Å²) in [6, 6.07) is 0. The molecule has 1 fully saturated rings. The van der Waals surface area contributed by atoms with Crippen LogP contribution in [0.15, 0.2) is 11.3 Å². The van der Waals surface area contributed by atoms with Gasteiger partial charge in [-0.15, -0.1) is 0 Å². The Morgan fingerprint density at radius 3 is 2.90 bits per heavy atom. The first-order valence-corrected chi connectivity index (χ1v) is 10.8. The van der Waals surface area contributed by atoms with E-state index in [1.54, 1.807) is 0 Å².